The zero-order valence-electron chi connectivity index (χ0n) is 22.4. The van der Waals surface area contributed by atoms with E-state index in [4.69, 9.17) is 0 Å². The van der Waals surface area contributed by atoms with E-state index in [9.17, 15) is 63.3 Å². The van der Waals surface area contributed by atoms with E-state index in [0.29, 0.717) is 16.4 Å². The van der Waals surface area contributed by atoms with Crippen LogP contribution in [-0.4, -0.2) is 79.7 Å². The Morgan fingerprint density at radius 1 is 0.977 bits per heavy atom. The first kappa shape index (κ1) is 33.2. The first-order chi connectivity index (χ1) is 20.3. The third kappa shape index (κ3) is 6.00. The topological polar surface area (TPSA) is 127 Å². The van der Waals surface area contributed by atoms with Gasteiger partial charge in [-0.2, -0.15) is 26.3 Å². The Hall–Kier alpha value is -3.67. The molecule has 2 aliphatic rings. The average Bonchev–Trinajstić information content (AvgIpc) is 3.34. The third-order valence-corrected chi connectivity index (χ3v) is 9.56. The molecule has 1 fully saturated rings. The second-order valence-electron chi connectivity index (χ2n) is 10.5. The van der Waals surface area contributed by atoms with Crippen LogP contribution in [0, 0.1) is 11.7 Å². The van der Waals surface area contributed by atoms with E-state index in [1.807, 2.05) is 0 Å². The number of rotatable bonds is 7. The van der Waals surface area contributed by atoms with Crippen molar-refractivity contribution in [1.29, 1.82) is 0 Å². The average molecular weight is 660 g/mol. The summed E-state index contributed by atoms with van der Waals surface area (Å²) < 4.78 is 136. The molecule has 242 valence electrons. The van der Waals surface area contributed by atoms with Gasteiger partial charge >= 0.3 is 18.4 Å². The van der Waals surface area contributed by atoms with Crippen molar-refractivity contribution in [1.82, 2.24) is 10.2 Å². The van der Waals surface area contributed by atoms with Crippen molar-refractivity contribution < 1.29 is 63.3 Å². The maximum atomic E-state index is 13.8. The molecule has 3 N–H and O–H groups in total. The molecule has 4 rings (SSSR count). The van der Waals surface area contributed by atoms with Gasteiger partial charge in [-0.05, 0) is 48.7 Å². The fourth-order valence-corrected chi connectivity index (χ4v) is 7.12. The number of alkyl halides is 7. The van der Waals surface area contributed by atoms with Gasteiger partial charge in [0.1, 0.15) is 5.82 Å². The molecule has 3 atom stereocenters. The molecule has 9 nitrogen and oxygen atoms in total. The molecule has 18 heteroatoms. The van der Waals surface area contributed by atoms with Crippen LogP contribution in [0.3, 0.4) is 0 Å². The second kappa shape index (κ2) is 11.7. The van der Waals surface area contributed by atoms with Crippen LogP contribution in [0.1, 0.15) is 24.0 Å². The highest BCUT2D eigenvalue weighted by molar-refractivity contribution is 7.92. The molecular formula is C26H25F8N3O6S. The van der Waals surface area contributed by atoms with E-state index in [2.05, 4.69) is 5.32 Å². The maximum absolute atomic E-state index is 13.8. The number of anilines is 1. The molecule has 2 amide bonds. The number of carbonyl (C=O) groups excluding carboxylic acids is 1. The van der Waals surface area contributed by atoms with Crippen LogP contribution >= 0.6 is 0 Å². The number of carboxylic acid groups (broad SMARTS) is 1. The van der Waals surface area contributed by atoms with Crippen LogP contribution in [0.15, 0.2) is 47.4 Å². The van der Waals surface area contributed by atoms with Gasteiger partial charge in [0.25, 0.3) is 15.6 Å². The normalized spacial score (nSPS) is 21.2. The van der Waals surface area contributed by atoms with Crippen molar-refractivity contribution in [2.45, 2.75) is 54.2 Å². The monoisotopic (exact) mass is 659 g/mol. The van der Waals surface area contributed by atoms with Gasteiger partial charge in [-0.1, -0.05) is 12.1 Å². The molecule has 0 saturated carbocycles. The summed E-state index contributed by atoms with van der Waals surface area (Å²) in [5, 5.41) is 21.5. The van der Waals surface area contributed by atoms with Crippen LogP contribution in [0.5, 0.6) is 0 Å². The summed E-state index contributed by atoms with van der Waals surface area (Å²) in [6.07, 6.45) is -14.9. The molecule has 0 aliphatic carbocycles. The minimum Gasteiger partial charge on any atom is -0.465 e. The van der Waals surface area contributed by atoms with Crippen LogP contribution in [0.25, 0.3) is 0 Å². The number of amides is 2. The van der Waals surface area contributed by atoms with Gasteiger partial charge in [0.2, 0.25) is 5.91 Å². The lowest BCUT2D eigenvalue weighted by molar-refractivity contribution is -0.376. The number of aryl methyl sites for hydroxylation is 1. The van der Waals surface area contributed by atoms with Gasteiger partial charge in [-0.3, -0.25) is 13.5 Å². The molecule has 1 saturated heterocycles. The zero-order chi connectivity index (χ0) is 32.8. The lowest BCUT2D eigenvalue weighted by atomic mass is 9.87. The molecule has 2 aromatic carbocycles. The first-order valence-electron chi connectivity index (χ1n) is 12.9. The predicted octanol–water partition coefficient (Wildman–Crippen LogP) is 4.10. The highest BCUT2D eigenvalue weighted by Gasteiger charge is 2.71. The van der Waals surface area contributed by atoms with Crippen molar-refractivity contribution in [2.24, 2.45) is 5.92 Å². The van der Waals surface area contributed by atoms with Gasteiger partial charge in [-0.25, -0.2) is 17.6 Å². The van der Waals surface area contributed by atoms with E-state index in [0.717, 1.165) is 29.2 Å². The Kier molecular flexibility index (Phi) is 8.82. The van der Waals surface area contributed by atoms with E-state index in [1.165, 1.54) is 0 Å². The van der Waals surface area contributed by atoms with Crippen molar-refractivity contribution in [3.8, 4) is 0 Å². The smallest absolute Gasteiger partial charge is 0.430 e. The molecule has 0 bridgehead atoms. The molecule has 2 aromatic rings. The summed E-state index contributed by atoms with van der Waals surface area (Å²) in [5.41, 5.74) is -7.58. The molecule has 2 aliphatic heterocycles. The van der Waals surface area contributed by atoms with Crippen molar-refractivity contribution in [3.05, 3.63) is 59.4 Å². The number of carbonyl (C=O) groups is 2. The van der Waals surface area contributed by atoms with Crippen molar-refractivity contribution >= 4 is 27.7 Å². The molecular weight excluding hydrogens is 634 g/mol. The van der Waals surface area contributed by atoms with Gasteiger partial charge in [0.15, 0.2) is 0 Å². The van der Waals surface area contributed by atoms with Crippen LogP contribution in [0.2, 0.25) is 0 Å². The fraction of sp³-hybridized carbons (Fsp3) is 0.462. The number of hydrogen-bond donors (Lipinski definition) is 3. The predicted molar refractivity (Wildman–Crippen MR) is 136 cm³/mol. The minimum atomic E-state index is -6.19. The third-order valence-electron chi connectivity index (χ3n) is 7.68. The summed E-state index contributed by atoms with van der Waals surface area (Å²) in [6.45, 7) is -1.42. The number of likely N-dealkylation sites (tertiary alicyclic amines) is 1. The number of halogens is 8. The lowest BCUT2D eigenvalue weighted by Gasteiger charge is -2.39. The van der Waals surface area contributed by atoms with Crippen LogP contribution < -0.4 is 9.62 Å². The SMILES string of the molecule is O=C(C[C@@H]1CCc2cc(C(O)(C(F)(F)F)C(F)(F)F)ccc2N1S(=O)(=O)c1ccc(F)cc1)NC1CN(C(=O)O)CC1CF. The van der Waals surface area contributed by atoms with Crippen LogP contribution in [0.4, 0.5) is 45.6 Å². The number of nitrogens with zero attached hydrogens (tertiary/aromatic N) is 2. The van der Waals surface area contributed by atoms with Gasteiger partial charge in [0.05, 0.1) is 29.3 Å². The Labute approximate surface area is 245 Å². The summed E-state index contributed by atoms with van der Waals surface area (Å²) in [6, 6.07) is 2.47. The summed E-state index contributed by atoms with van der Waals surface area (Å²) in [7, 11) is -4.72. The summed E-state index contributed by atoms with van der Waals surface area (Å²) in [5.74, 6) is -2.52. The number of hydrogen-bond acceptors (Lipinski definition) is 5. The van der Waals surface area contributed by atoms with Gasteiger partial charge in [0, 0.05) is 31.0 Å². The Morgan fingerprint density at radius 3 is 2.14 bits per heavy atom. The van der Waals surface area contributed by atoms with E-state index in [-0.39, 0.29) is 43.2 Å². The highest BCUT2D eigenvalue weighted by Crippen LogP contribution is 2.51. The second-order valence-corrected chi connectivity index (χ2v) is 12.3. The molecule has 44 heavy (non-hydrogen) atoms. The Bertz CT molecular complexity index is 1500. The molecule has 0 spiro atoms. The van der Waals surface area contributed by atoms with E-state index in [1.54, 1.807) is 0 Å². The maximum Gasteiger partial charge on any atom is 0.430 e. The first-order valence-corrected chi connectivity index (χ1v) is 14.4. The van der Waals surface area contributed by atoms with Gasteiger partial charge in [-0.15, -0.1) is 0 Å². The summed E-state index contributed by atoms with van der Waals surface area (Å²) in [4.78, 5) is 24.7. The number of benzene rings is 2. The number of sulfonamides is 1. The summed E-state index contributed by atoms with van der Waals surface area (Å²) >= 11 is 0. The molecule has 0 aromatic heterocycles. The lowest BCUT2D eigenvalue weighted by Crippen LogP contribution is -2.54. The standard InChI is InChI=1S/C26H25F8N3O6S/c27-11-15-12-36(23(39)40)13-20(15)35-22(38)10-18-5-1-14-9-16(24(41,25(29,30)31)26(32,33)34)2-8-21(14)37(18)44(42,43)19-6-3-17(28)4-7-19/h2-4,6-9,15,18,20,41H,1,5,10-13H2,(H,35,38)(H,39,40)/t15?,18-,20?/m0/s1. The van der Waals surface area contributed by atoms with Gasteiger partial charge < -0.3 is 20.4 Å². The molecule has 2 unspecified atom stereocenters. The molecule has 2 heterocycles. The molecule has 0 radical (unpaired) electrons. The Morgan fingerprint density at radius 2 is 1.59 bits per heavy atom. The quantitative estimate of drug-likeness (QED) is 0.385. The Balaban J connectivity index is 1.73. The fourth-order valence-electron chi connectivity index (χ4n) is 5.41. The van der Waals surface area contributed by atoms with Crippen molar-refractivity contribution in [3.63, 3.8) is 0 Å². The number of fused-ring (bicyclic) bond motifs is 1. The van der Waals surface area contributed by atoms with E-state index >= 15 is 0 Å². The number of nitrogens with one attached hydrogen (secondary N) is 1. The van der Waals surface area contributed by atoms with Crippen molar-refractivity contribution in [2.75, 3.05) is 24.1 Å². The largest absolute Gasteiger partial charge is 0.465 e. The highest BCUT2D eigenvalue weighted by atomic mass is 32.2. The minimum absolute atomic E-state index is 0.205. The van der Waals surface area contributed by atoms with E-state index < -0.39 is 87.4 Å². The van der Waals surface area contributed by atoms with Crippen LogP contribution in [-0.2, 0) is 26.8 Å². The number of aliphatic hydroxyl groups is 1. The zero-order valence-corrected chi connectivity index (χ0v) is 23.2.